The number of sulfonamides is 1. The lowest BCUT2D eigenvalue weighted by Gasteiger charge is -2.15. The Kier molecular flexibility index (Phi) is 3.30. The number of anilines is 2. The molecule has 1 unspecified atom stereocenters. The maximum Gasteiger partial charge on any atom is 0.239 e. The van der Waals surface area contributed by atoms with Crippen LogP contribution in [0.25, 0.3) is 0 Å². The Hall–Kier alpha value is -2.12. The highest BCUT2D eigenvalue weighted by Gasteiger charge is 2.22. The van der Waals surface area contributed by atoms with Crippen molar-refractivity contribution in [1.29, 1.82) is 0 Å². The van der Waals surface area contributed by atoms with Crippen molar-refractivity contribution in [2.24, 2.45) is 5.14 Å². The van der Waals surface area contributed by atoms with E-state index in [1.807, 2.05) is 18.2 Å². The topological polar surface area (TPSA) is 111 Å². The fourth-order valence-corrected chi connectivity index (χ4v) is 3.06. The molecule has 0 amide bonds. The van der Waals surface area contributed by atoms with Gasteiger partial charge in [-0.1, -0.05) is 6.07 Å². The average molecular weight is 304 g/mol. The van der Waals surface area contributed by atoms with Crippen LogP contribution >= 0.6 is 0 Å². The monoisotopic (exact) mass is 304 g/mol. The number of nitrogens with one attached hydrogen (secondary N) is 1. The van der Waals surface area contributed by atoms with Crippen molar-refractivity contribution in [3.8, 4) is 0 Å². The maximum atomic E-state index is 11.2. The predicted molar refractivity (Wildman–Crippen MR) is 81.1 cm³/mol. The van der Waals surface area contributed by atoms with Gasteiger partial charge in [0.2, 0.25) is 10.0 Å². The second-order valence-corrected chi connectivity index (χ2v) is 6.68. The van der Waals surface area contributed by atoms with Crippen molar-refractivity contribution >= 4 is 21.5 Å². The number of rotatable bonds is 3. The first kappa shape index (κ1) is 13.8. The van der Waals surface area contributed by atoms with Gasteiger partial charge in [0.1, 0.15) is 10.7 Å². The zero-order valence-corrected chi connectivity index (χ0v) is 12.1. The zero-order chi connectivity index (χ0) is 15.0. The van der Waals surface area contributed by atoms with Crippen molar-refractivity contribution in [3.05, 3.63) is 47.7 Å². The summed E-state index contributed by atoms with van der Waals surface area (Å²) in [6.45, 7) is 0. The molecule has 1 aromatic heterocycles. The molecule has 0 fully saturated rings. The first-order valence-corrected chi connectivity index (χ1v) is 8.12. The summed E-state index contributed by atoms with van der Waals surface area (Å²) in [5.74, 6) is 0.622. The van der Waals surface area contributed by atoms with E-state index in [-0.39, 0.29) is 10.9 Å². The SMILES string of the molecule is Nc1ccc2c(c1)CCC2Nc1ccc(S(N)(=O)=O)cn1. The van der Waals surface area contributed by atoms with Gasteiger partial charge in [-0.3, -0.25) is 0 Å². The molecule has 5 N–H and O–H groups in total. The minimum absolute atomic E-state index is 0.00708. The molecule has 3 rings (SSSR count). The number of aryl methyl sites for hydroxylation is 1. The molecule has 6 nitrogen and oxygen atoms in total. The van der Waals surface area contributed by atoms with Gasteiger partial charge in [0.05, 0.1) is 6.04 Å². The Morgan fingerprint density at radius 1 is 1.24 bits per heavy atom. The van der Waals surface area contributed by atoms with Gasteiger partial charge in [-0.05, 0) is 48.2 Å². The third kappa shape index (κ3) is 2.84. The lowest BCUT2D eigenvalue weighted by atomic mass is 10.1. The summed E-state index contributed by atoms with van der Waals surface area (Å²) in [6.07, 6.45) is 3.18. The highest BCUT2D eigenvalue weighted by molar-refractivity contribution is 7.89. The molecule has 1 atom stereocenters. The molecule has 0 saturated carbocycles. The smallest absolute Gasteiger partial charge is 0.239 e. The van der Waals surface area contributed by atoms with Crippen LogP contribution in [0.15, 0.2) is 41.4 Å². The standard InChI is InChI=1S/C14H16N4O2S/c15-10-2-4-12-9(7-10)1-5-13(12)18-14-6-3-11(8-17-14)21(16,19)20/h2-4,6-8,13H,1,5,15H2,(H,17,18)(H2,16,19,20). The van der Waals surface area contributed by atoms with Crippen LogP contribution in [0.4, 0.5) is 11.5 Å². The van der Waals surface area contributed by atoms with Crippen molar-refractivity contribution < 1.29 is 8.42 Å². The minimum atomic E-state index is -3.70. The Bertz CT molecular complexity index is 772. The first-order valence-electron chi connectivity index (χ1n) is 6.57. The molecule has 1 aliphatic rings. The quantitative estimate of drug-likeness (QED) is 0.742. The van der Waals surface area contributed by atoms with E-state index in [2.05, 4.69) is 10.3 Å². The molecule has 0 radical (unpaired) electrons. The molecule has 110 valence electrons. The van der Waals surface area contributed by atoms with Crippen molar-refractivity contribution in [3.63, 3.8) is 0 Å². The summed E-state index contributed by atoms with van der Waals surface area (Å²) >= 11 is 0. The summed E-state index contributed by atoms with van der Waals surface area (Å²) in [7, 11) is -3.70. The van der Waals surface area contributed by atoms with E-state index in [4.69, 9.17) is 10.9 Å². The lowest BCUT2D eigenvalue weighted by molar-refractivity contribution is 0.597. The zero-order valence-electron chi connectivity index (χ0n) is 11.3. The Morgan fingerprint density at radius 2 is 2.05 bits per heavy atom. The van der Waals surface area contributed by atoms with Crippen molar-refractivity contribution in [1.82, 2.24) is 4.98 Å². The Balaban J connectivity index is 1.80. The van der Waals surface area contributed by atoms with Gasteiger partial charge in [-0.15, -0.1) is 0 Å². The summed E-state index contributed by atoms with van der Waals surface area (Å²) in [6, 6.07) is 9.13. The van der Waals surface area contributed by atoms with E-state index in [1.165, 1.54) is 23.4 Å². The average Bonchev–Trinajstić information content (AvgIpc) is 2.80. The van der Waals surface area contributed by atoms with Crippen LogP contribution in [0.5, 0.6) is 0 Å². The number of hydrogen-bond acceptors (Lipinski definition) is 5. The number of nitrogen functional groups attached to an aromatic ring is 1. The van der Waals surface area contributed by atoms with Gasteiger partial charge in [-0.25, -0.2) is 18.5 Å². The molecule has 1 aromatic carbocycles. The number of hydrogen-bond donors (Lipinski definition) is 3. The van der Waals surface area contributed by atoms with Crippen LogP contribution in [0.2, 0.25) is 0 Å². The molecule has 21 heavy (non-hydrogen) atoms. The van der Waals surface area contributed by atoms with E-state index in [0.29, 0.717) is 5.82 Å². The third-order valence-electron chi connectivity index (χ3n) is 3.63. The Morgan fingerprint density at radius 3 is 2.71 bits per heavy atom. The highest BCUT2D eigenvalue weighted by atomic mass is 32.2. The van der Waals surface area contributed by atoms with Crippen LogP contribution in [0.3, 0.4) is 0 Å². The van der Waals surface area contributed by atoms with Crippen molar-refractivity contribution in [2.75, 3.05) is 11.1 Å². The van der Waals surface area contributed by atoms with Crippen LogP contribution < -0.4 is 16.2 Å². The van der Waals surface area contributed by atoms with Crippen LogP contribution in [-0.4, -0.2) is 13.4 Å². The van der Waals surface area contributed by atoms with Gasteiger partial charge in [-0.2, -0.15) is 0 Å². The summed E-state index contributed by atoms with van der Waals surface area (Å²) in [5.41, 5.74) is 9.01. The van der Waals surface area contributed by atoms with Crippen molar-refractivity contribution in [2.45, 2.75) is 23.8 Å². The maximum absolute atomic E-state index is 11.2. The predicted octanol–water partition coefficient (Wildman–Crippen LogP) is 1.41. The molecule has 2 aromatic rings. The summed E-state index contributed by atoms with van der Waals surface area (Å²) in [4.78, 5) is 4.11. The fraction of sp³-hybridized carbons (Fsp3) is 0.214. The Labute approximate surface area is 123 Å². The third-order valence-corrected chi connectivity index (χ3v) is 4.53. The largest absolute Gasteiger partial charge is 0.399 e. The molecule has 0 aliphatic heterocycles. The van der Waals surface area contributed by atoms with E-state index in [9.17, 15) is 8.42 Å². The van der Waals surface area contributed by atoms with Crippen LogP contribution in [0.1, 0.15) is 23.6 Å². The van der Waals surface area contributed by atoms with Gasteiger partial charge < -0.3 is 11.1 Å². The minimum Gasteiger partial charge on any atom is -0.399 e. The molecule has 7 heteroatoms. The summed E-state index contributed by atoms with van der Waals surface area (Å²) in [5, 5.41) is 8.36. The fourth-order valence-electron chi connectivity index (χ4n) is 2.60. The highest BCUT2D eigenvalue weighted by Crippen LogP contribution is 2.34. The van der Waals surface area contributed by atoms with Gasteiger partial charge in [0, 0.05) is 11.9 Å². The van der Waals surface area contributed by atoms with E-state index in [0.717, 1.165) is 18.5 Å². The number of aromatic nitrogens is 1. The van der Waals surface area contributed by atoms with Gasteiger partial charge >= 0.3 is 0 Å². The van der Waals surface area contributed by atoms with E-state index in [1.54, 1.807) is 6.07 Å². The molecular weight excluding hydrogens is 288 g/mol. The van der Waals surface area contributed by atoms with E-state index < -0.39 is 10.0 Å². The number of benzene rings is 1. The number of pyridine rings is 1. The molecule has 1 aliphatic carbocycles. The van der Waals surface area contributed by atoms with Gasteiger partial charge in [0.25, 0.3) is 0 Å². The normalized spacial score (nSPS) is 17.5. The number of fused-ring (bicyclic) bond motifs is 1. The lowest BCUT2D eigenvalue weighted by Crippen LogP contribution is -2.13. The van der Waals surface area contributed by atoms with Crippen LogP contribution in [-0.2, 0) is 16.4 Å². The first-order chi connectivity index (χ1) is 9.93. The van der Waals surface area contributed by atoms with Gasteiger partial charge in [0.15, 0.2) is 0 Å². The number of nitrogens with zero attached hydrogens (tertiary/aromatic N) is 1. The second-order valence-electron chi connectivity index (χ2n) is 5.12. The number of primary sulfonamides is 1. The molecular formula is C14H16N4O2S. The number of nitrogens with two attached hydrogens (primary N) is 2. The molecule has 1 heterocycles. The van der Waals surface area contributed by atoms with E-state index >= 15 is 0 Å². The molecule has 0 saturated heterocycles. The second kappa shape index (κ2) is 5.01. The molecule has 0 bridgehead atoms. The summed E-state index contributed by atoms with van der Waals surface area (Å²) < 4.78 is 22.4. The molecule has 0 spiro atoms. The van der Waals surface area contributed by atoms with Crippen LogP contribution in [0, 0.1) is 0 Å².